The minimum absolute atomic E-state index is 0.453. The predicted molar refractivity (Wildman–Crippen MR) is 86.3 cm³/mol. The zero-order valence-corrected chi connectivity index (χ0v) is 12.9. The minimum Gasteiger partial charge on any atom is -0.382 e. The summed E-state index contributed by atoms with van der Waals surface area (Å²) in [5.41, 5.74) is 7.44. The number of carbonyl (C=O) groups is 1. The van der Waals surface area contributed by atoms with Gasteiger partial charge in [0, 0.05) is 30.8 Å². The van der Waals surface area contributed by atoms with Crippen LogP contribution in [0.4, 0.5) is 5.69 Å². The van der Waals surface area contributed by atoms with Gasteiger partial charge in [-0.2, -0.15) is 0 Å². The van der Waals surface area contributed by atoms with Crippen LogP contribution in [-0.4, -0.2) is 25.7 Å². The molecule has 114 valence electrons. The Kier molecular flexibility index (Phi) is 8.00. The monoisotopic (exact) mass is 288 g/mol. The summed E-state index contributed by atoms with van der Waals surface area (Å²) in [5.74, 6) is 5.72. The van der Waals surface area contributed by atoms with E-state index in [1.807, 2.05) is 19.1 Å². The van der Waals surface area contributed by atoms with Crippen LogP contribution in [0.2, 0.25) is 0 Å². The third-order valence-electron chi connectivity index (χ3n) is 2.94. The van der Waals surface area contributed by atoms with E-state index in [9.17, 15) is 4.79 Å². The largest absolute Gasteiger partial charge is 0.382 e. The summed E-state index contributed by atoms with van der Waals surface area (Å²) >= 11 is 0. The molecule has 1 aromatic rings. The number of anilines is 1. The summed E-state index contributed by atoms with van der Waals surface area (Å²) < 4.78 is 5.25. The Morgan fingerprint density at radius 2 is 2.19 bits per heavy atom. The van der Waals surface area contributed by atoms with Gasteiger partial charge in [0.1, 0.15) is 0 Å². The highest BCUT2D eigenvalue weighted by atomic mass is 16.5. The van der Waals surface area contributed by atoms with Crippen LogP contribution in [0.25, 0.3) is 0 Å². The topological polar surface area (TPSA) is 64.3 Å². The molecule has 0 aliphatic carbocycles. The number of nitrogens with one attached hydrogen (secondary N) is 1. The Morgan fingerprint density at radius 3 is 2.86 bits per heavy atom. The van der Waals surface area contributed by atoms with Crippen molar-refractivity contribution in [2.24, 2.45) is 5.73 Å². The zero-order chi connectivity index (χ0) is 15.5. The third kappa shape index (κ3) is 6.33. The second-order valence-corrected chi connectivity index (χ2v) is 4.65. The van der Waals surface area contributed by atoms with Gasteiger partial charge < -0.3 is 15.8 Å². The number of ether oxygens (including phenoxy) is 1. The van der Waals surface area contributed by atoms with Gasteiger partial charge >= 0.3 is 0 Å². The lowest BCUT2D eigenvalue weighted by Crippen LogP contribution is -2.16. The first-order valence-electron chi connectivity index (χ1n) is 7.43. The average molecular weight is 288 g/mol. The van der Waals surface area contributed by atoms with Crippen LogP contribution < -0.4 is 11.1 Å². The number of carbonyl (C=O) groups excluding carboxylic acids is 1. The molecule has 0 saturated carbocycles. The van der Waals surface area contributed by atoms with Crippen molar-refractivity contribution >= 4 is 11.6 Å². The number of amides is 1. The van der Waals surface area contributed by atoms with Gasteiger partial charge in [-0.1, -0.05) is 25.2 Å². The molecular formula is C17H24N2O2. The SMILES string of the molecule is CCCCC#Cc1ccc(NCCOCC)c(C(N)=O)c1. The molecule has 4 heteroatoms. The molecule has 0 atom stereocenters. The van der Waals surface area contributed by atoms with Crippen LogP contribution in [0.1, 0.15) is 49.0 Å². The molecule has 1 rings (SSSR count). The van der Waals surface area contributed by atoms with Gasteiger partial charge in [-0.25, -0.2) is 0 Å². The fourth-order valence-electron chi connectivity index (χ4n) is 1.81. The first-order valence-corrected chi connectivity index (χ1v) is 7.43. The van der Waals surface area contributed by atoms with Crippen LogP contribution in [0.5, 0.6) is 0 Å². The average Bonchev–Trinajstić information content (AvgIpc) is 2.48. The van der Waals surface area contributed by atoms with Crippen LogP contribution >= 0.6 is 0 Å². The van der Waals surface area contributed by atoms with Crippen LogP contribution in [-0.2, 0) is 4.74 Å². The molecule has 3 N–H and O–H groups in total. The molecule has 0 aliphatic rings. The molecule has 4 nitrogen and oxygen atoms in total. The summed E-state index contributed by atoms with van der Waals surface area (Å²) in [5, 5.41) is 3.16. The highest BCUT2D eigenvalue weighted by Crippen LogP contribution is 2.16. The highest BCUT2D eigenvalue weighted by Gasteiger charge is 2.08. The first kappa shape index (κ1) is 17.1. The number of nitrogens with two attached hydrogens (primary N) is 1. The molecule has 0 unspecified atom stereocenters. The Hall–Kier alpha value is -1.99. The van der Waals surface area contributed by atoms with E-state index < -0.39 is 5.91 Å². The molecule has 0 saturated heterocycles. The van der Waals surface area contributed by atoms with Crippen molar-refractivity contribution in [2.75, 3.05) is 25.1 Å². The van der Waals surface area contributed by atoms with Gasteiger partial charge in [0.25, 0.3) is 5.91 Å². The Morgan fingerprint density at radius 1 is 1.38 bits per heavy atom. The number of benzene rings is 1. The standard InChI is InChI=1S/C17H24N2O2/c1-3-5-6-7-8-14-9-10-16(15(13-14)17(18)20)19-11-12-21-4-2/h9-10,13,19H,3-6,11-12H2,1-2H3,(H2,18,20). The van der Waals surface area contributed by atoms with Crippen molar-refractivity contribution in [3.63, 3.8) is 0 Å². The molecule has 0 aliphatic heterocycles. The smallest absolute Gasteiger partial charge is 0.250 e. The molecule has 21 heavy (non-hydrogen) atoms. The summed E-state index contributed by atoms with van der Waals surface area (Å²) in [6, 6.07) is 5.48. The highest BCUT2D eigenvalue weighted by molar-refractivity contribution is 5.98. The van der Waals surface area contributed by atoms with Crippen molar-refractivity contribution < 1.29 is 9.53 Å². The number of primary amides is 1. The second-order valence-electron chi connectivity index (χ2n) is 4.65. The van der Waals surface area contributed by atoms with Gasteiger partial charge in [0.2, 0.25) is 0 Å². The number of rotatable bonds is 8. The maximum absolute atomic E-state index is 11.5. The molecule has 1 aromatic carbocycles. The molecule has 0 fully saturated rings. The van der Waals surface area contributed by atoms with E-state index in [1.54, 1.807) is 6.07 Å². The molecular weight excluding hydrogens is 264 g/mol. The van der Waals surface area contributed by atoms with Crippen molar-refractivity contribution in [3.05, 3.63) is 29.3 Å². The molecule has 0 spiro atoms. The summed E-state index contributed by atoms with van der Waals surface area (Å²) in [4.78, 5) is 11.5. The summed E-state index contributed by atoms with van der Waals surface area (Å²) in [6.45, 7) is 5.98. The second kappa shape index (κ2) is 9.84. The first-order chi connectivity index (χ1) is 10.2. The van der Waals surface area contributed by atoms with Gasteiger partial charge in [-0.05, 0) is 31.5 Å². The Bertz CT molecular complexity index is 515. The van der Waals surface area contributed by atoms with Gasteiger partial charge in [0.05, 0.1) is 12.2 Å². The fourth-order valence-corrected chi connectivity index (χ4v) is 1.81. The Labute approximate surface area is 127 Å². The molecule has 0 bridgehead atoms. The number of unbranched alkanes of at least 4 members (excludes halogenated alkanes) is 2. The maximum atomic E-state index is 11.5. The fraction of sp³-hybridized carbons (Fsp3) is 0.471. The lowest BCUT2D eigenvalue weighted by Gasteiger charge is -2.10. The van der Waals surface area contributed by atoms with E-state index in [0.29, 0.717) is 25.3 Å². The van der Waals surface area contributed by atoms with Gasteiger partial charge in [-0.15, -0.1) is 0 Å². The molecule has 0 aromatic heterocycles. The van der Waals surface area contributed by atoms with E-state index in [4.69, 9.17) is 10.5 Å². The zero-order valence-electron chi connectivity index (χ0n) is 12.9. The summed E-state index contributed by atoms with van der Waals surface area (Å²) in [7, 11) is 0. The van der Waals surface area contributed by atoms with E-state index in [1.165, 1.54) is 0 Å². The number of hydrogen-bond acceptors (Lipinski definition) is 3. The van der Waals surface area contributed by atoms with E-state index in [-0.39, 0.29) is 0 Å². The minimum atomic E-state index is -0.453. The van der Waals surface area contributed by atoms with Crippen LogP contribution in [0.3, 0.4) is 0 Å². The maximum Gasteiger partial charge on any atom is 0.250 e. The quantitative estimate of drug-likeness (QED) is 0.571. The van der Waals surface area contributed by atoms with Crippen molar-refractivity contribution in [3.8, 4) is 11.8 Å². The van der Waals surface area contributed by atoms with Gasteiger partial charge in [0.15, 0.2) is 0 Å². The third-order valence-corrected chi connectivity index (χ3v) is 2.94. The molecule has 1 amide bonds. The van der Waals surface area contributed by atoms with Crippen molar-refractivity contribution in [1.82, 2.24) is 0 Å². The summed E-state index contributed by atoms with van der Waals surface area (Å²) in [6.07, 6.45) is 3.09. The van der Waals surface area contributed by atoms with Crippen LogP contribution in [0.15, 0.2) is 18.2 Å². The van der Waals surface area contributed by atoms with Crippen molar-refractivity contribution in [1.29, 1.82) is 0 Å². The van der Waals surface area contributed by atoms with E-state index in [2.05, 4.69) is 24.1 Å². The lowest BCUT2D eigenvalue weighted by molar-refractivity contribution is 0.100. The van der Waals surface area contributed by atoms with Crippen molar-refractivity contribution in [2.45, 2.75) is 33.1 Å². The van der Waals surface area contributed by atoms with Crippen LogP contribution in [0, 0.1) is 11.8 Å². The Balaban J connectivity index is 2.76. The normalized spacial score (nSPS) is 9.81. The molecule has 0 radical (unpaired) electrons. The number of hydrogen-bond donors (Lipinski definition) is 2. The van der Waals surface area contributed by atoms with E-state index >= 15 is 0 Å². The van der Waals surface area contributed by atoms with E-state index in [0.717, 1.165) is 30.5 Å². The molecule has 0 heterocycles. The lowest BCUT2D eigenvalue weighted by atomic mass is 10.1. The predicted octanol–water partition coefficient (Wildman–Crippen LogP) is 2.78. The van der Waals surface area contributed by atoms with Gasteiger partial charge in [-0.3, -0.25) is 4.79 Å².